The van der Waals surface area contributed by atoms with Gasteiger partial charge >= 0.3 is 0 Å². The SMILES string of the molecule is CCCCCCCCCCCC(=O)NCC(=O)NN=Cc1cn(-c2ccccc2)nc1-c1ccc(OCCC)cc1. The first-order valence-electron chi connectivity index (χ1n) is 15.1. The third kappa shape index (κ3) is 11.6. The third-order valence-corrected chi connectivity index (χ3v) is 6.71. The second-order valence-electron chi connectivity index (χ2n) is 10.2. The van der Waals surface area contributed by atoms with Crippen LogP contribution < -0.4 is 15.5 Å². The molecule has 1 aromatic heterocycles. The second-order valence-corrected chi connectivity index (χ2v) is 10.2. The summed E-state index contributed by atoms with van der Waals surface area (Å²) in [6.07, 6.45) is 15.6. The maximum absolute atomic E-state index is 12.3. The molecule has 0 bridgehead atoms. The minimum absolute atomic E-state index is 0.107. The zero-order valence-corrected chi connectivity index (χ0v) is 24.6. The van der Waals surface area contributed by atoms with Gasteiger partial charge in [-0.2, -0.15) is 10.2 Å². The molecule has 0 radical (unpaired) electrons. The molecule has 0 aliphatic rings. The van der Waals surface area contributed by atoms with Gasteiger partial charge in [0.1, 0.15) is 11.4 Å². The Labute approximate surface area is 244 Å². The number of nitrogens with one attached hydrogen (secondary N) is 2. The molecule has 0 saturated heterocycles. The molecule has 0 aliphatic carbocycles. The fourth-order valence-electron chi connectivity index (χ4n) is 4.42. The third-order valence-electron chi connectivity index (χ3n) is 6.71. The molecular weight excluding hydrogens is 514 g/mol. The summed E-state index contributed by atoms with van der Waals surface area (Å²) in [7, 11) is 0. The number of hydrogen-bond donors (Lipinski definition) is 2. The van der Waals surface area contributed by atoms with E-state index in [1.165, 1.54) is 38.5 Å². The molecule has 1 heterocycles. The number of carbonyl (C=O) groups excluding carboxylic acids is 2. The van der Waals surface area contributed by atoms with Gasteiger partial charge in [0.2, 0.25) is 5.91 Å². The Morgan fingerprint density at radius 1 is 0.854 bits per heavy atom. The molecule has 41 heavy (non-hydrogen) atoms. The minimum atomic E-state index is -0.379. The summed E-state index contributed by atoms with van der Waals surface area (Å²) in [5.74, 6) is 0.321. The standard InChI is InChI=1S/C33H45N5O3/c1-3-5-6-7-8-9-10-11-15-18-31(39)34-25-32(40)36-35-24-28-26-38(29-16-13-12-14-17-29)37-33(28)27-19-21-30(22-20-27)41-23-4-2/h12-14,16-17,19-22,24,26H,3-11,15,18,23,25H2,1-2H3,(H,34,39)(H,36,40). The molecule has 3 aromatic rings. The molecule has 0 unspecified atom stereocenters. The van der Waals surface area contributed by atoms with E-state index in [0.29, 0.717) is 13.0 Å². The smallest absolute Gasteiger partial charge is 0.259 e. The predicted octanol–water partition coefficient (Wildman–Crippen LogP) is 6.82. The van der Waals surface area contributed by atoms with Gasteiger partial charge in [0.15, 0.2) is 0 Å². The molecule has 2 N–H and O–H groups in total. The summed E-state index contributed by atoms with van der Waals surface area (Å²) in [4.78, 5) is 24.4. The van der Waals surface area contributed by atoms with Crippen molar-refractivity contribution in [2.75, 3.05) is 13.2 Å². The maximum atomic E-state index is 12.3. The van der Waals surface area contributed by atoms with Crippen molar-refractivity contribution >= 4 is 18.0 Å². The van der Waals surface area contributed by atoms with Crippen LogP contribution in [-0.2, 0) is 9.59 Å². The first-order valence-corrected chi connectivity index (χ1v) is 15.1. The summed E-state index contributed by atoms with van der Waals surface area (Å²) in [6, 6.07) is 17.6. The fourth-order valence-corrected chi connectivity index (χ4v) is 4.42. The summed E-state index contributed by atoms with van der Waals surface area (Å²) < 4.78 is 7.49. The Kier molecular flexibility index (Phi) is 14.2. The van der Waals surface area contributed by atoms with Crippen LogP contribution in [0.15, 0.2) is 65.9 Å². The lowest BCUT2D eigenvalue weighted by molar-refractivity contribution is -0.126. The monoisotopic (exact) mass is 559 g/mol. The van der Waals surface area contributed by atoms with E-state index < -0.39 is 0 Å². The lowest BCUT2D eigenvalue weighted by Gasteiger charge is -2.06. The molecule has 8 heteroatoms. The number of aromatic nitrogens is 2. The highest BCUT2D eigenvalue weighted by Gasteiger charge is 2.12. The van der Waals surface area contributed by atoms with Gasteiger partial charge in [-0.1, -0.05) is 83.4 Å². The Morgan fingerprint density at radius 2 is 1.54 bits per heavy atom. The second kappa shape index (κ2) is 18.4. The number of rotatable bonds is 19. The number of para-hydroxylation sites is 1. The topological polar surface area (TPSA) is 97.6 Å². The molecular formula is C33H45N5O3. The lowest BCUT2D eigenvalue weighted by Crippen LogP contribution is -2.34. The molecule has 0 fully saturated rings. The highest BCUT2D eigenvalue weighted by molar-refractivity contribution is 5.90. The normalized spacial score (nSPS) is 11.1. The quantitative estimate of drug-likeness (QED) is 0.0957. The van der Waals surface area contributed by atoms with E-state index in [1.807, 2.05) is 60.8 Å². The van der Waals surface area contributed by atoms with Crippen LogP contribution in [0, 0.1) is 0 Å². The Morgan fingerprint density at radius 3 is 2.22 bits per heavy atom. The number of benzene rings is 2. The first-order chi connectivity index (χ1) is 20.1. The van der Waals surface area contributed by atoms with Crippen molar-refractivity contribution in [3.05, 3.63) is 66.4 Å². The van der Waals surface area contributed by atoms with Crippen molar-refractivity contribution in [3.8, 4) is 22.7 Å². The van der Waals surface area contributed by atoms with Gasteiger partial charge in [-0.3, -0.25) is 9.59 Å². The van der Waals surface area contributed by atoms with E-state index in [0.717, 1.165) is 53.9 Å². The van der Waals surface area contributed by atoms with Crippen molar-refractivity contribution < 1.29 is 14.3 Å². The van der Waals surface area contributed by atoms with Crippen LogP contribution in [0.5, 0.6) is 5.75 Å². The van der Waals surface area contributed by atoms with E-state index in [9.17, 15) is 9.59 Å². The molecule has 0 aliphatic heterocycles. The van der Waals surface area contributed by atoms with E-state index in [1.54, 1.807) is 10.9 Å². The molecule has 2 amide bonds. The Hall–Kier alpha value is -3.94. The van der Waals surface area contributed by atoms with E-state index >= 15 is 0 Å². The van der Waals surface area contributed by atoms with Gasteiger partial charge in [0, 0.05) is 23.7 Å². The zero-order chi connectivity index (χ0) is 29.1. The molecule has 3 rings (SSSR count). The Bertz CT molecular complexity index is 1210. The van der Waals surface area contributed by atoms with Crippen molar-refractivity contribution in [2.45, 2.75) is 84.5 Å². The van der Waals surface area contributed by atoms with Crippen LogP contribution in [0.4, 0.5) is 0 Å². The van der Waals surface area contributed by atoms with Crippen molar-refractivity contribution in [2.24, 2.45) is 5.10 Å². The van der Waals surface area contributed by atoms with E-state index in [-0.39, 0.29) is 18.4 Å². The van der Waals surface area contributed by atoms with Crippen molar-refractivity contribution in [1.29, 1.82) is 0 Å². The molecule has 2 aromatic carbocycles. The molecule has 0 spiro atoms. The van der Waals surface area contributed by atoms with E-state index in [4.69, 9.17) is 9.84 Å². The van der Waals surface area contributed by atoms with Gasteiger partial charge in [0.05, 0.1) is 25.1 Å². The van der Waals surface area contributed by atoms with Crippen LogP contribution in [-0.4, -0.2) is 41.0 Å². The Balaban J connectivity index is 1.49. The molecule has 0 atom stereocenters. The minimum Gasteiger partial charge on any atom is -0.494 e. The lowest BCUT2D eigenvalue weighted by atomic mass is 10.1. The van der Waals surface area contributed by atoms with Gasteiger partial charge in [-0.25, -0.2) is 10.1 Å². The number of unbranched alkanes of at least 4 members (excludes halogenated alkanes) is 8. The van der Waals surface area contributed by atoms with Crippen LogP contribution >= 0.6 is 0 Å². The average Bonchev–Trinajstić information content (AvgIpc) is 3.43. The zero-order valence-electron chi connectivity index (χ0n) is 24.6. The van der Waals surface area contributed by atoms with Crippen molar-refractivity contribution in [1.82, 2.24) is 20.5 Å². The maximum Gasteiger partial charge on any atom is 0.259 e. The van der Waals surface area contributed by atoms with E-state index in [2.05, 4.69) is 29.7 Å². The summed E-state index contributed by atoms with van der Waals surface area (Å²) >= 11 is 0. The fraction of sp³-hybridized carbons (Fsp3) is 0.455. The number of ether oxygens (including phenoxy) is 1. The van der Waals surface area contributed by atoms with Crippen molar-refractivity contribution in [3.63, 3.8) is 0 Å². The average molecular weight is 560 g/mol. The number of hydrogen-bond acceptors (Lipinski definition) is 5. The van der Waals surface area contributed by atoms with Gasteiger partial charge in [-0.15, -0.1) is 0 Å². The van der Waals surface area contributed by atoms with Crippen LogP contribution in [0.25, 0.3) is 16.9 Å². The number of amides is 2. The van der Waals surface area contributed by atoms with Crippen LogP contribution in [0.2, 0.25) is 0 Å². The molecule has 8 nitrogen and oxygen atoms in total. The number of hydrazone groups is 1. The van der Waals surface area contributed by atoms with Gasteiger partial charge < -0.3 is 10.1 Å². The van der Waals surface area contributed by atoms with Gasteiger partial charge in [-0.05, 0) is 49.2 Å². The summed E-state index contributed by atoms with van der Waals surface area (Å²) in [5.41, 5.74) is 5.79. The largest absolute Gasteiger partial charge is 0.494 e. The predicted molar refractivity (Wildman–Crippen MR) is 165 cm³/mol. The summed E-state index contributed by atoms with van der Waals surface area (Å²) in [6.45, 7) is 4.86. The van der Waals surface area contributed by atoms with Crippen LogP contribution in [0.1, 0.15) is 90.0 Å². The number of carbonyl (C=O) groups is 2. The highest BCUT2D eigenvalue weighted by Crippen LogP contribution is 2.25. The summed E-state index contributed by atoms with van der Waals surface area (Å²) in [5, 5.41) is 11.6. The molecule has 0 saturated carbocycles. The first kappa shape index (κ1) is 31.6. The van der Waals surface area contributed by atoms with Crippen LogP contribution in [0.3, 0.4) is 0 Å². The molecule has 220 valence electrons. The number of nitrogens with zero attached hydrogens (tertiary/aromatic N) is 3. The highest BCUT2D eigenvalue weighted by atomic mass is 16.5. The van der Waals surface area contributed by atoms with Gasteiger partial charge in [0.25, 0.3) is 5.91 Å².